The van der Waals surface area contributed by atoms with Crippen LogP contribution in [0.5, 0.6) is 0 Å². The molecule has 4 rings (SSSR count). The monoisotopic (exact) mass is 440 g/mol. The molecule has 1 saturated heterocycles. The van der Waals surface area contributed by atoms with Crippen LogP contribution in [-0.4, -0.2) is 58.7 Å². The molecule has 0 saturated carbocycles. The van der Waals surface area contributed by atoms with Crippen molar-refractivity contribution in [1.29, 1.82) is 0 Å². The molecule has 0 amide bonds. The molecular weight excluding hydrogens is 412 g/mol. The van der Waals surface area contributed by atoms with Crippen LogP contribution in [0.1, 0.15) is 28.3 Å². The fourth-order valence-electron chi connectivity index (χ4n) is 4.05. The molecule has 3 heterocycles. The van der Waals surface area contributed by atoms with Gasteiger partial charge in [0.15, 0.2) is 5.82 Å². The number of nitrogens with zero attached hydrogens (tertiary/aromatic N) is 6. The topological polar surface area (TPSA) is 84.2 Å². The van der Waals surface area contributed by atoms with Crippen LogP contribution in [0.2, 0.25) is 0 Å². The molecule has 0 spiro atoms. The maximum atomic E-state index is 13.2. The Morgan fingerprint density at radius 1 is 0.839 bits per heavy atom. The van der Waals surface area contributed by atoms with Gasteiger partial charge in [-0.05, 0) is 52.3 Å². The summed E-state index contributed by atoms with van der Waals surface area (Å²) >= 11 is 0. The highest BCUT2D eigenvalue weighted by Gasteiger charge is 2.30. The Balaban J connectivity index is 1.54. The third kappa shape index (κ3) is 4.20. The van der Waals surface area contributed by atoms with Crippen molar-refractivity contribution in [2.24, 2.45) is 0 Å². The van der Waals surface area contributed by atoms with Crippen LogP contribution >= 0.6 is 0 Å². The first-order valence-corrected chi connectivity index (χ1v) is 11.8. The Bertz CT molecular complexity index is 1230. The largest absolute Gasteiger partial charge is 0.354 e. The minimum absolute atomic E-state index is 0.385. The van der Waals surface area contributed by atoms with Crippen molar-refractivity contribution in [3.05, 3.63) is 58.7 Å². The van der Waals surface area contributed by atoms with E-state index in [9.17, 15) is 8.42 Å². The van der Waals surface area contributed by atoms with E-state index in [0.29, 0.717) is 36.9 Å². The predicted molar refractivity (Wildman–Crippen MR) is 120 cm³/mol. The second-order valence-corrected chi connectivity index (χ2v) is 10.0. The summed E-state index contributed by atoms with van der Waals surface area (Å²) in [6.07, 6.45) is 0. The summed E-state index contributed by atoms with van der Waals surface area (Å²) < 4.78 is 29.7. The fraction of sp³-hybridized carbons (Fsp3) is 0.409. The van der Waals surface area contributed by atoms with E-state index in [1.807, 2.05) is 63.6 Å². The highest BCUT2D eigenvalue weighted by atomic mass is 32.2. The number of piperazine rings is 1. The first-order chi connectivity index (χ1) is 14.6. The van der Waals surface area contributed by atoms with E-state index in [4.69, 9.17) is 0 Å². The van der Waals surface area contributed by atoms with Gasteiger partial charge in [-0.1, -0.05) is 17.7 Å². The van der Waals surface area contributed by atoms with Gasteiger partial charge in [-0.25, -0.2) is 23.1 Å². The predicted octanol–water partition coefficient (Wildman–Crippen LogP) is 2.72. The Labute approximate surface area is 183 Å². The van der Waals surface area contributed by atoms with Crippen molar-refractivity contribution < 1.29 is 8.42 Å². The van der Waals surface area contributed by atoms with Crippen LogP contribution < -0.4 is 4.90 Å². The molecule has 0 radical (unpaired) electrons. The minimum Gasteiger partial charge on any atom is -0.354 e. The van der Waals surface area contributed by atoms with Crippen molar-refractivity contribution in [1.82, 2.24) is 24.1 Å². The van der Waals surface area contributed by atoms with E-state index in [2.05, 4.69) is 20.0 Å². The van der Waals surface area contributed by atoms with Gasteiger partial charge in [-0.3, -0.25) is 0 Å². The lowest BCUT2D eigenvalue weighted by Crippen LogP contribution is -2.49. The SMILES string of the molecule is Cc1ccc(S(=O)(=O)N2CCN(c3cc(-n4nc(C)cc4C)nc(C)n3)CC2)c(C)c1. The number of hydrogen-bond donors (Lipinski definition) is 0. The smallest absolute Gasteiger partial charge is 0.243 e. The van der Waals surface area contributed by atoms with Crippen LogP contribution in [0, 0.1) is 34.6 Å². The summed E-state index contributed by atoms with van der Waals surface area (Å²) in [4.78, 5) is 11.6. The van der Waals surface area contributed by atoms with Gasteiger partial charge >= 0.3 is 0 Å². The number of hydrogen-bond acceptors (Lipinski definition) is 6. The Morgan fingerprint density at radius 2 is 1.52 bits per heavy atom. The van der Waals surface area contributed by atoms with Gasteiger partial charge in [0.05, 0.1) is 10.6 Å². The van der Waals surface area contributed by atoms with Crippen molar-refractivity contribution in [3.63, 3.8) is 0 Å². The maximum absolute atomic E-state index is 13.2. The van der Waals surface area contributed by atoms with Gasteiger partial charge < -0.3 is 4.90 Å². The first kappa shape index (κ1) is 21.5. The van der Waals surface area contributed by atoms with Gasteiger partial charge in [0, 0.05) is 37.9 Å². The summed E-state index contributed by atoms with van der Waals surface area (Å²) in [5.74, 6) is 2.17. The van der Waals surface area contributed by atoms with Crippen LogP contribution in [0.25, 0.3) is 5.82 Å². The summed E-state index contributed by atoms with van der Waals surface area (Å²) in [5.41, 5.74) is 3.77. The van der Waals surface area contributed by atoms with E-state index in [0.717, 1.165) is 34.2 Å². The summed E-state index contributed by atoms with van der Waals surface area (Å²) in [6, 6.07) is 9.39. The van der Waals surface area contributed by atoms with E-state index >= 15 is 0 Å². The number of sulfonamides is 1. The number of rotatable bonds is 4. The lowest BCUT2D eigenvalue weighted by atomic mass is 10.2. The standard InChI is InChI=1S/C22H28N6O2S/c1-15-6-7-20(16(2)12-15)31(29,30)27-10-8-26(9-11-27)21-14-22(24-19(5)23-21)28-18(4)13-17(3)25-28/h6-7,12-14H,8-11H2,1-5H3. The first-order valence-electron chi connectivity index (χ1n) is 10.4. The molecule has 9 heteroatoms. The quantitative estimate of drug-likeness (QED) is 0.620. The zero-order valence-electron chi connectivity index (χ0n) is 18.6. The van der Waals surface area contributed by atoms with Crippen molar-refractivity contribution in [3.8, 4) is 5.82 Å². The minimum atomic E-state index is -3.52. The molecule has 1 fully saturated rings. The second-order valence-electron chi connectivity index (χ2n) is 8.13. The Morgan fingerprint density at radius 3 is 2.13 bits per heavy atom. The number of anilines is 1. The molecule has 0 N–H and O–H groups in total. The maximum Gasteiger partial charge on any atom is 0.243 e. The zero-order valence-corrected chi connectivity index (χ0v) is 19.4. The molecule has 0 aliphatic carbocycles. The van der Waals surface area contributed by atoms with E-state index in [1.54, 1.807) is 10.4 Å². The average Bonchev–Trinajstić information content (AvgIpc) is 3.05. The number of aryl methyl sites for hydroxylation is 5. The third-order valence-corrected chi connectivity index (χ3v) is 7.61. The molecule has 2 aromatic heterocycles. The van der Waals surface area contributed by atoms with Crippen molar-refractivity contribution >= 4 is 15.8 Å². The molecule has 1 aliphatic rings. The van der Waals surface area contributed by atoms with Crippen LogP contribution in [-0.2, 0) is 10.0 Å². The van der Waals surface area contributed by atoms with Crippen LogP contribution in [0.3, 0.4) is 0 Å². The lowest BCUT2D eigenvalue weighted by molar-refractivity contribution is 0.383. The van der Waals surface area contributed by atoms with Gasteiger partial charge in [0.2, 0.25) is 10.0 Å². The molecule has 1 aromatic carbocycles. The Kier molecular flexibility index (Phi) is 5.57. The average molecular weight is 441 g/mol. The summed E-state index contributed by atoms with van der Waals surface area (Å²) in [7, 11) is -3.52. The molecule has 31 heavy (non-hydrogen) atoms. The molecule has 0 unspecified atom stereocenters. The molecule has 0 atom stereocenters. The van der Waals surface area contributed by atoms with Gasteiger partial charge in [-0.2, -0.15) is 9.40 Å². The second kappa shape index (κ2) is 8.05. The normalized spacial score (nSPS) is 15.5. The molecule has 164 valence electrons. The van der Waals surface area contributed by atoms with Gasteiger partial charge in [0.25, 0.3) is 0 Å². The fourth-order valence-corrected chi connectivity index (χ4v) is 5.68. The highest BCUT2D eigenvalue weighted by molar-refractivity contribution is 7.89. The van der Waals surface area contributed by atoms with E-state index in [1.165, 1.54) is 0 Å². The Hall–Kier alpha value is -2.78. The lowest BCUT2D eigenvalue weighted by Gasteiger charge is -2.35. The molecule has 3 aromatic rings. The highest BCUT2D eigenvalue weighted by Crippen LogP contribution is 2.24. The van der Waals surface area contributed by atoms with Gasteiger partial charge in [0.1, 0.15) is 11.6 Å². The number of aromatic nitrogens is 4. The molecule has 1 aliphatic heterocycles. The van der Waals surface area contributed by atoms with E-state index in [-0.39, 0.29) is 0 Å². The van der Waals surface area contributed by atoms with Crippen molar-refractivity contribution in [2.45, 2.75) is 39.5 Å². The molecular formula is C22H28N6O2S. The van der Waals surface area contributed by atoms with Crippen LogP contribution in [0.4, 0.5) is 5.82 Å². The van der Waals surface area contributed by atoms with E-state index < -0.39 is 10.0 Å². The van der Waals surface area contributed by atoms with Crippen LogP contribution in [0.15, 0.2) is 35.2 Å². The summed E-state index contributed by atoms with van der Waals surface area (Å²) in [5, 5.41) is 4.52. The molecule has 8 nitrogen and oxygen atoms in total. The van der Waals surface area contributed by atoms with Gasteiger partial charge in [-0.15, -0.1) is 0 Å². The van der Waals surface area contributed by atoms with Crippen molar-refractivity contribution in [2.75, 3.05) is 31.1 Å². The summed E-state index contributed by atoms with van der Waals surface area (Å²) in [6.45, 7) is 11.6. The molecule has 0 bridgehead atoms. The zero-order chi connectivity index (χ0) is 22.3. The third-order valence-electron chi connectivity index (χ3n) is 5.55. The number of benzene rings is 1.